The van der Waals surface area contributed by atoms with E-state index >= 15 is 0 Å². The van der Waals surface area contributed by atoms with Gasteiger partial charge in [-0.15, -0.1) is 0 Å². The fourth-order valence-electron chi connectivity index (χ4n) is 5.62. The summed E-state index contributed by atoms with van der Waals surface area (Å²) in [6.45, 7) is 2.02. The van der Waals surface area contributed by atoms with Crippen LogP contribution in [0.1, 0.15) is 40.3 Å². The predicted octanol–water partition coefficient (Wildman–Crippen LogP) is 4.34. The predicted molar refractivity (Wildman–Crippen MR) is 162 cm³/mol. The zero-order valence-corrected chi connectivity index (χ0v) is 24.4. The van der Waals surface area contributed by atoms with Crippen molar-refractivity contribution in [1.29, 1.82) is 0 Å². The third-order valence-corrected chi connectivity index (χ3v) is 9.23. The van der Waals surface area contributed by atoms with Crippen molar-refractivity contribution in [3.05, 3.63) is 107 Å². The minimum atomic E-state index is -3.60. The number of ether oxygens (including phenoxy) is 1. The molecule has 1 amide bonds. The zero-order valence-electron chi connectivity index (χ0n) is 23.5. The van der Waals surface area contributed by atoms with E-state index in [-0.39, 0.29) is 17.5 Å². The number of carbonyl (C=O) groups is 1. The number of fused-ring (bicyclic) bond motifs is 2. The van der Waals surface area contributed by atoms with Crippen LogP contribution in [0, 0.1) is 0 Å². The van der Waals surface area contributed by atoms with Gasteiger partial charge in [0.1, 0.15) is 0 Å². The lowest BCUT2D eigenvalue weighted by molar-refractivity contribution is -0.124. The van der Waals surface area contributed by atoms with Crippen LogP contribution in [-0.2, 0) is 38.9 Å². The van der Waals surface area contributed by atoms with Gasteiger partial charge < -0.3 is 9.72 Å². The average Bonchev–Trinajstić information content (AvgIpc) is 3.62. The van der Waals surface area contributed by atoms with E-state index in [1.807, 2.05) is 24.3 Å². The van der Waals surface area contributed by atoms with E-state index in [1.165, 1.54) is 35.3 Å². The number of carbonyl (C=O) groups excluding carboxylic acids is 1. The Kier molecular flexibility index (Phi) is 9.51. The average molecular weight is 589 g/mol. The lowest BCUT2D eigenvalue weighted by Crippen LogP contribution is -2.29. The van der Waals surface area contributed by atoms with E-state index in [0.29, 0.717) is 13.2 Å². The summed E-state index contributed by atoms with van der Waals surface area (Å²) >= 11 is 0. The molecule has 42 heavy (non-hydrogen) atoms. The maximum absolute atomic E-state index is 12.6. The monoisotopic (exact) mass is 588 g/mol. The first-order valence-corrected chi connectivity index (χ1v) is 15.5. The van der Waals surface area contributed by atoms with Gasteiger partial charge in [0.15, 0.2) is 0 Å². The lowest BCUT2D eigenvalue weighted by Gasteiger charge is -2.30. The van der Waals surface area contributed by atoms with Gasteiger partial charge in [0.05, 0.1) is 11.5 Å². The smallest absolute Gasteiger partial charge is 0.267 e. The van der Waals surface area contributed by atoms with Gasteiger partial charge >= 0.3 is 0 Å². The minimum Gasteiger partial charge on any atom is -0.383 e. The van der Waals surface area contributed by atoms with Crippen LogP contribution in [0.5, 0.6) is 0 Å². The molecule has 1 atom stereocenters. The number of sulfonamides is 1. The number of para-hydroxylation sites is 1. The Morgan fingerprint density at radius 2 is 1.95 bits per heavy atom. The maximum atomic E-state index is 12.6. The molecule has 0 saturated carbocycles. The Morgan fingerprint density at radius 3 is 2.74 bits per heavy atom. The van der Waals surface area contributed by atoms with Crippen LogP contribution in [0.15, 0.2) is 83.9 Å². The van der Waals surface area contributed by atoms with Crippen LogP contribution in [0.3, 0.4) is 0 Å². The number of H-pyrrole nitrogens is 1. The molecule has 0 saturated heterocycles. The zero-order chi connectivity index (χ0) is 29.5. The minimum absolute atomic E-state index is 0.197. The van der Waals surface area contributed by atoms with E-state index in [9.17, 15) is 13.2 Å². The van der Waals surface area contributed by atoms with Crippen molar-refractivity contribution in [3.63, 3.8) is 0 Å². The summed E-state index contributed by atoms with van der Waals surface area (Å²) in [7, 11) is -2.07. The Hall–Kier alpha value is -3.80. The highest BCUT2D eigenvalue weighted by Crippen LogP contribution is 2.37. The van der Waals surface area contributed by atoms with Crippen molar-refractivity contribution < 1.29 is 23.2 Å². The van der Waals surface area contributed by atoms with Crippen LogP contribution in [0.4, 0.5) is 0 Å². The molecule has 0 aliphatic heterocycles. The fraction of sp³-hybridized carbons (Fsp3) is 0.281. The van der Waals surface area contributed by atoms with Crippen LogP contribution in [0.25, 0.3) is 17.0 Å². The molecule has 9 nitrogen and oxygen atoms in total. The molecule has 0 bridgehead atoms. The molecule has 0 fully saturated rings. The number of aryl methyl sites for hydroxylation is 1. The summed E-state index contributed by atoms with van der Waals surface area (Å²) in [5, 5.41) is 9.99. The summed E-state index contributed by atoms with van der Waals surface area (Å²) in [6, 6.07) is 21.8. The highest BCUT2D eigenvalue weighted by atomic mass is 32.2. The molecule has 4 N–H and O–H groups in total. The molecule has 0 spiro atoms. The van der Waals surface area contributed by atoms with Crippen molar-refractivity contribution in [1.82, 2.24) is 20.1 Å². The second kappa shape index (κ2) is 13.5. The standard InChI is InChI=1S/C32H36N4O5S/c1-41-19-17-34-42(39,40)27-11-6-24(7-12-27)22-36(18-16-26-21-33-30-5-3-2-4-28(26)30)31-14-10-25-20-23(8-13-29(25)31)9-15-32(37)35-38/h2-9,11-13,15,20-21,31,33-34,38H,10,14,16-19,22H2,1H3,(H,35,37). The number of benzene rings is 3. The van der Waals surface area contributed by atoms with Gasteiger partial charge in [-0.2, -0.15) is 0 Å². The molecule has 3 aromatic carbocycles. The first-order chi connectivity index (χ1) is 20.4. The normalized spacial score (nSPS) is 15.1. The Balaban J connectivity index is 1.37. The molecule has 1 aromatic heterocycles. The number of nitrogens with one attached hydrogen (secondary N) is 3. The quantitative estimate of drug-likeness (QED) is 0.0798. The molecule has 1 aliphatic carbocycles. The van der Waals surface area contributed by atoms with Crippen molar-refractivity contribution in [3.8, 4) is 0 Å². The number of rotatable bonds is 13. The maximum Gasteiger partial charge on any atom is 0.267 e. The summed E-state index contributed by atoms with van der Waals surface area (Å²) in [4.78, 5) is 17.5. The summed E-state index contributed by atoms with van der Waals surface area (Å²) in [6.07, 6.45) is 7.82. The van der Waals surface area contributed by atoms with E-state index in [1.54, 1.807) is 23.7 Å². The van der Waals surface area contributed by atoms with Gasteiger partial charge in [-0.25, -0.2) is 18.6 Å². The summed E-state index contributed by atoms with van der Waals surface area (Å²) < 4.78 is 32.8. The highest BCUT2D eigenvalue weighted by molar-refractivity contribution is 7.89. The molecule has 5 rings (SSSR count). The second-order valence-electron chi connectivity index (χ2n) is 10.4. The van der Waals surface area contributed by atoms with Gasteiger partial charge in [0.25, 0.3) is 5.91 Å². The molecule has 1 aliphatic rings. The number of amides is 1. The van der Waals surface area contributed by atoms with Gasteiger partial charge in [-0.05, 0) is 71.4 Å². The highest BCUT2D eigenvalue weighted by Gasteiger charge is 2.28. The molecule has 1 unspecified atom stereocenters. The largest absolute Gasteiger partial charge is 0.383 e. The van der Waals surface area contributed by atoms with Crippen LogP contribution < -0.4 is 10.2 Å². The molecule has 0 radical (unpaired) electrons. The number of nitrogens with zero attached hydrogens (tertiary/aromatic N) is 1. The SMILES string of the molecule is COCCNS(=O)(=O)c1ccc(CN(CCc2c[nH]c3ccccc23)C2CCc3cc(C=CC(=O)NO)ccc32)cc1. The van der Waals surface area contributed by atoms with Crippen molar-refractivity contribution in [2.45, 2.75) is 36.7 Å². The van der Waals surface area contributed by atoms with Gasteiger partial charge in [0, 0.05) is 56.0 Å². The molecular weight excluding hydrogens is 552 g/mol. The number of hydrogen-bond acceptors (Lipinski definition) is 6. The first-order valence-electron chi connectivity index (χ1n) is 14.0. The number of hydroxylamine groups is 1. The van der Waals surface area contributed by atoms with Crippen LogP contribution in [-0.4, -0.2) is 56.2 Å². The molecule has 220 valence electrons. The third kappa shape index (κ3) is 6.97. The van der Waals surface area contributed by atoms with E-state index in [2.05, 4.69) is 51.1 Å². The third-order valence-electron chi connectivity index (χ3n) is 7.75. The number of hydrogen-bond donors (Lipinski definition) is 4. The van der Waals surface area contributed by atoms with Gasteiger partial charge in [-0.3, -0.25) is 14.9 Å². The second-order valence-corrected chi connectivity index (χ2v) is 12.2. The Bertz CT molecular complexity index is 1660. The number of aromatic amines is 1. The topological polar surface area (TPSA) is 124 Å². The molecule has 1 heterocycles. The van der Waals surface area contributed by atoms with Crippen molar-refractivity contribution in [2.24, 2.45) is 0 Å². The van der Waals surface area contributed by atoms with E-state index < -0.39 is 15.9 Å². The first kappa shape index (κ1) is 29.7. The van der Waals surface area contributed by atoms with Crippen LogP contribution in [0.2, 0.25) is 0 Å². The fourth-order valence-corrected chi connectivity index (χ4v) is 6.64. The van der Waals surface area contributed by atoms with E-state index in [0.717, 1.165) is 42.5 Å². The lowest BCUT2D eigenvalue weighted by atomic mass is 10.0. The van der Waals surface area contributed by atoms with Crippen LogP contribution >= 0.6 is 0 Å². The van der Waals surface area contributed by atoms with E-state index in [4.69, 9.17) is 9.94 Å². The molecular formula is C32H36N4O5S. The number of aromatic nitrogens is 1. The summed E-state index contributed by atoms with van der Waals surface area (Å²) in [5.74, 6) is -0.568. The van der Waals surface area contributed by atoms with Gasteiger partial charge in [-0.1, -0.05) is 48.5 Å². The van der Waals surface area contributed by atoms with Crippen molar-refractivity contribution in [2.75, 3.05) is 26.8 Å². The number of methoxy groups -OCH3 is 1. The molecule has 10 heteroatoms. The Morgan fingerprint density at radius 1 is 1.14 bits per heavy atom. The summed E-state index contributed by atoms with van der Waals surface area (Å²) in [5.41, 5.74) is 8.44. The van der Waals surface area contributed by atoms with Crippen molar-refractivity contribution >= 4 is 32.9 Å². The van der Waals surface area contributed by atoms with Gasteiger partial charge in [0.2, 0.25) is 10.0 Å². The molecule has 4 aromatic rings. The Labute approximate surface area is 246 Å².